The summed E-state index contributed by atoms with van der Waals surface area (Å²) in [6.07, 6.45) is 15.2. The van der Waals surface area contributed by atoms with Gasteiger partial charge >= 0.3 is 0 Å². The van der Waals surface area contributed by atoms with Gasteiger partial charge in [0.1, 0.15) is 11.6 Å². The Labute approximate surface area is 201 Å². The Morgan fingerprint density at radius 1 is 0.970 bits per heavy atom. The Morgan fingerprint density at radius 2 is 1.67 bits per heavy atom. The summed E-state index contributed by atoms with van der Waals surface area (Å²) in [5.41, 5.74) is 5.94. The normalized spacial score (nSPS) is 20.2. The van der Waals surface area contributed by atoms with E-state index in [0.29, 0.717) is 5.82 Å². The quantitative estimate of drug-likeness (QED) is 0.359. The molecule has 0 atom stereocenters. The fourth-order valence-corrected chi connectivity index (χ4v) is 5.07. The minimum absolute atomic E-state index is 0.546. The molecule has 1 aromatic rings. The van der Waals surface area contributed by atoms with Gasteiger partial charge in [0.05, 0.1) is 0 Å². The lowest BCUT2D eigenvalue weighted by molar-refractivity contribution is 0.372. The van der Waals surface area contributed by atoms with Crippen molar-refractivity contribution in [1.82, 2.24) is 25.9 Å². The lowest BCUT2D eigenvalue weighted by Crippen LogP contribution is -2.44. The Morgan fingerprint density at radius 3 is 2.36 bits per heavy atom. The molecule has 4 rings (SSSR count). The van der Waals surface area contributed by atoms with Gasteiger partial charge in [-0.2, -0.15) is 9.97 Å². The van der Waals surface area contributed by atoms with E-state index in [4.69, 9.17) is 5.73 Å². The highest BCUT2D eigenvalue weighted by Crippen LogP contribution is 2.24. The van der Waals surface area contributed by atoms with E-state index < -0.39 is 0 Å². The third-order valence-electron chi connectivity index (χ3n) is 7.07. The van der Waals surface area contributed by atoms with Crippen LogP contribution in [0, 0.1) is 5.92 Å². The van der Waals surface area contributed by atoms with E-state index in [-0.39, 0.29) is 0 Å². The number of hydrogen-bond acceptors (Lipinski definition) is 8. The third-order valence-corrected chi connectivity index (χ3v) is 7.07. The summed E-state index contributed by atoms with van der Waals surface area (Å²) < 4.78 is 0. The van der Waals surface area contributed by atoms with E-state index in [1.807, 2.05) is 13.1 Å². The van der Waals surface area contributed by atoms with Crippen LogP contribution >= 0.6 is 0 Å². The third kappa shape index (κ3) is 10.0. The van der Waals surface area contributed by atoms with E-state index in [0.717, 1.165) is 63.0 Å². The molecule has 2 aliphatic carbocycles. The Balaban J connectivity index is 0.000000218. The van der Waals surface area contributed by atoms with Crippen LogP contribution in [0.2, 0.25) is 0 Å². The zero-order chi connectivity index (χ0) is 23.1. The van der Waals surface area contributed by atoms with Crippen molar-refractivity contribution in [2.24, 2.45) is 5.92 Å². The molecule has 0 unspecified atom stereocenters. The maximum atomic E-state index is 5.94. The van der Waals surface area contributed by atoms with E-state index in [1.54, 1.807) is 0 Å². The lowest BCUT2D eigenvalue weighted by atomic mass is 9.89. The molecular weight excluding hydrogens is 412 g/mol. The van der Waals surface area contributed by atoms with E-state index in [1.165, 1.54) is 77.2 Å². The number of nitrogens with two attached hydrogens (primary N) is 1. The van der Waals surface area contributed by atoms with Crippen LogP contribution in [0.5, 0.6) is 0 Å². The summed E-state index contributed by atoms with van der Waals surface area (Å²) in [6.45, 7) is 7.14. The highest BCUT2D eigenvalue weighted by molar-refractivity contribution is 5.51. The molecule has 188 valence electrons. The van der Waals surface area contributed by atoms with Crippen molar-refractivity contribution >= 4 is 17.6 Å². The summed E-state index contributed by atoms with van der Waals surface area (Å²) in [4.78, 5) is 11.2. The van der Waals surface area contributed by atoms with Crippen molar-refractivity contribution in [3.05, 3.63) is 6.07 Å². The molecule has 0 aromatic carbocycles. The summed E-state index contributed by atoms with van der Waals surface area (Å²) in [7, 11) is 2.01. The molecule has 8 nitrogen and oxygen atoms in total. The maximum Gasteiger partial charge on any atom is 0.229 e. The second-order valence-electron chi connectivity index (χ2n) is 9.85. The number of nitrogen functional groups attached to an aromatic ring is 1. The Kier molecular flexibility index (Phi) is 12.0. The van der Waals surface area contributed by atoms with Gasteiger partial charge in [-0.15, -0.1) is 0 Å². The topological polar surface area (TPSA) is 103 Å². The number of piperazine rings is 1. The number of nitrogens with zero attached hydrogens (tertiary/aromatic N) is 3. The summed E-state index contributed by atoms with van der Waals surface area (Å²) >= 11 is 0. The molecule has 1 aliphatic heterocycles. The molecule has 1 aromatic heterocycles. The minimum atomic E-state index is 0.546. The first-order valence-electron chi connectivity index (χ1n) is 13.5. The predicted octanol–water partition coefficient (Wildman–Crippen LogP) is 2.98. The van der Waals surface area contributed by atoms with Gasteiger partial charge in [0, 0.05) is 44.8 Å². The van der Waals surface area contributed by atoms with Crippen LogP contribution in [0.3, 0.4) is 0 Å². The average molecular weight is 461 g/mol. The largest absolute Gasteiger partial charge is 0.383 e. The van der Waals surface area contributed by atoms with Gasteiger partial charge in [-0.25, -0.2) is 0 Å². The van der Waals surface area contributed by atoms with Gasteiger partial charge in [0.2, 0.25) is 5.95 Å². The monoisotopic (exact) mass is 460 g/mol. The van der Waals surface area contributed by atoms with E-state index in [2.05, 4.69) is 36.1 Å². The number of rotatable bonds is 9. The Bertz CT molecular complexity index is 637. The zero-order valence-electron chi connectivity index (χ0n) is 20.9. The summed E-state index contributed by atoms with van der Waals surface area (Å²) in [6, 6.07) is 2.67. The van der Waals surface area contributed by atoms with Crippen LogP contribution in [0.25, 0.3) is 0 Å². The second kappa shape index (κ2) is 15.3. The molecule has 2 heterocycles. The molecule has 0 radical (unpaired) electrons. The van der Waals surface area contributed by atoms with Crippen LogP contribution in [0.1, 0.15) is 70.6 Å². The van der Waals surface area contributed by atoms with Crippen molar-refractivity contribution in [1.29, 1.82) is 0 Å². The second-order valence-corrected chi connectivity index (χ2v) is 9.85. The molecule has 8 heteroatoms. The summed E-state index contributed by atoms with van der Waals surface area (Å²) in [5, 5.41) is 13.6. The maximum absolute atomic E-state index is 5.94. The highest BCUT2D eigenvalue weighted by atomic mass is 15.3. The number of hydrogen-bond donors (Lipinski definition) is 5. The van der Waals surface area contributed by atoms with E-state index in [9.17, 15) is 0 Å². The van der Waals surface area contributed by atoms with Crippen LogP contribution in [0.4, 0.5) is 17.6 Å². The Hall–Kier alpha value is -1.64. The molecule has 0 amide bonds. The van der Waals surface area contributed by atoms with E-state index >= 15 is 0 Å². The fraction of sp³-hybridized carbons (Fsp3) is 0.840. The predicted molar refractivity (Wildman–Crippen MR) is 140 cm³/mol. The van der Waals surface area contributed by atoms with Crippen LogP contribution in [-0.2, 0) is 0 Å². The molecule has 0 spiro atoms. The summed E-state index contributed by atoms with van der Waals surface area (Å²) in [5.74, 6) is 2.94. The molecular formula is C25H48N8. The SMILES string of the molecule is CNCCCNC1CCCCC1.Nc1cc(NCC2CCCCC2)nc(N2CCNCC2)n1. The van der Waals surface area contributed by atoms with Gasteiger partial charge in [0.25, 0.3) is 0 Å². The minimum Gasteiger partial charge on any atom is -0.383 e. The zero-order valence-corrected chi connectivity index (χ0v) is 20.9. The van der Waals surface area contributed by atoms with Crippen molar-refractivity contribution in [3.8, 4) is 0 Å². The molecule has 33 heavy (non-hydrogen) atoms. The van der Waals surface area contributed by atoms with Crippen molar-refractivity contribution in [2.75, 3.05) is 68.8 Å². The molecule has 2 saturated carbocycles. The molecule has 0 bridgehead atoms. The van der Waals surface area contributed by atoms with Crippen LogP contribution < -0.4 is 31.9 Å². The molecule has 3 aliphatic rings. The highest BCUT2D eigenvalue weighted by Gasteiger charge is 2.16. The number of nitrogens with one attached hydrogen (secondary N) is 4. The van der Waals surface area contributed by atoms with Gasteiger partial charge in [-0.1, -0.05) is 38.5 Å². The standard InChI is InChI=1S/C15H26N6.C10H22N2/c16-13-10-14(18-11-12-4-2-1-3-5-12)20-15(19-13)21-8-6-17-7-9-21;1-11-8-5-9-12-10-6-3-2-4-7-10/h10,12,17H,1-9,11H2,(H3,16,18,19,20);10-12H,2-9H2,1H3. The van der Waals surface area contributed by atoms with Gasteiger partial charge < -0.3 is 31.9 Å². The number of anilines is 3. The first kappa shape index (κ1) is 26.0. The smallest absolute Gasteiger partial charge is 0.229 e. The molecule has 3 fully saturated rings. The van der Waals surface area contributed by atoms with Gasteiger partial charge in [0.15, 0.2) is 0 Å². The van der Waals surface area contributed by atoms with Crippen LogP contribution in [-0.4, -0.2) is 68.9 Å². The van der Waals surface area contributed by atoms with Gasteiger partial charge in [-0.3, -0.25) is 0 Å². The lowest BCUT2D eigenvalue weighted by Gasteiger charge is -2.28. The first-order valence-corrected chi connectivity index (χ1v) is 13.5. The van der Waals surface area contributed by atoms with Crippen molar-refractivity contribution in [2.45, 2.75) is 76.7 Å². The van der Waals surface area contributed by atoms with Gasteiger partial charge in [-0.05, 0) is 58.2 Å². The van der Waals surface area contributed by atoms with Crippen molar-refractivity contribution in [3.63, 3.8) is 0 Å². The fourth-order valence-electron chi connectivity index (χ4n) is 5.07. The molecule has 6 N–H and O–H groups in total. The van der Waals surface area contributed by atoms with Crippen LogP contribution in [0.15, 0.2) is 6.07 Å². The first-order chi connectivity index (χ1) is 16.2. The van der Waals surface area contributed by atoms with Crippen molar-refractivity contribution < 1.29 is 0 Å². The molecule has 1 saturated heterocycles. The number of aromatic nitrogens is 2. The average Bonchev–Trinajstić information content (AvgIpc) is 2.87.